The largest absolute Gasteiger partial charge is 0.458 e. The van der Waals surface area contributed by atoms with Gasteiger partial charge in [-0.2, -0.15) is 0 Å². The van der Waals surface area contributed by atoms with Crippen molar-refractivity contribution in [3.8, 4) is 0 Å². The van der Waals surface area contributed by atoms with Gasteiger partial charge in [0.1, 0.15) is 12.6 Å². The number of aliphatic hydroxyl groups is 1. The van der Waals surface area contributed by atoms with Crippen LogP contribution in [0.5, 0.6) is 0 Å². The Balaban J connectivity index is 1.56. The third-order valence-electron chi connectivity index (χ3n) is 6.43. The second kappa shape index (κ2) is 13.2. The molecule has 0 spiro atoms. The molecule has 1 N–H and O–H groups in total. The molecule has 2 atom stereocenters. The second-order valence-corrected chi connectivity index (χ2v) is 10.8. The van der Waals surface area contributed by atoms with E-state index in [0.29, 0.717) is 5.69 Å². The zero-order valence-corrected chi connectivity index (χ0v) is 22.8. The number of nitrogens with zero attached hydrogens (tertiary/aromatic N) is 2. The van der Waals surface area contributed by atoms with E-state index in [4.69, 9.17) is 9.47 Å². The molecule has 8 nitrogen and oxygen atoms in total. The Morgan fingerprint density at radius 3 is 2.38 bits per heavy atom. The normalized spacial score (nSPS) is 18.6. The van der Waals surface area contributed by atoms with E-state index in [-0.39, 0.29) is 24.7 Å². The third-order valence-corrected chi connectivity index (χ3v) is 7.85. The average Bonchev–Trinajstić information content (AvgIpc) is 3.36. The van der Waals surface area contributed by atoms with Crippen molar-refractivity contribution in [1.82, 2.24) is 9.88 Å². The molecule has 0 aliphatic carbocycles. The number of hydrogen-bond acceptors (Lipinski definition) is 8. The molecule has 0 radical (unpaired) electrons. The van der Waals surface area contributed by atoms with Crippen molar-refractivity contribution < 1.29 is 29.0 Å². The number of thioether (sulfide) groups is 1. The molecule has 2 aromatic carbocycles. The molecule has 9 heteroatoms. The Labute approximate surface area is 237 Å². The Bertz CT molecular complexity index is 1340. The lowest BCUT2D eigenvalue weighted by Gasteiger charge is -2.32. The summed E-state index contributed by atoms with van der Waals surface area (Å²) in [5, 5.41) is 10.2. The number of ether oxygens (including phenoxy) is 2. The fourth-order valence-electron chi connectivity index (χ4n) is 4.30. The van der Waals surface area contributed by atoms with Crippen molar-refractivity contribution in [2.45, 2.75) is 23.8 Å². The van der Waals surface area contributed by atoms with E-state index in [1.54, 1.807) is 6.92 Å². The molecule has 1 aliphatic heterocycles. The van der Waals surface area contributed by atoms with Crippen LogP contribution in [0, 0.1) is 0 Å². The monoisotopic (exact) mass is 558 g/mol. The van der Waals surface area contributed by atoms with Crippen LogP contribution in [0.1, 0.15) is 40.2 Å². The summed E-state index contributed by atoms with van der Waals surface area (Å²) >= 11 is 1.31. The van der Waals surface area contributed by atoms with E-state index >= 15 is 0 Å². The number of pyridine rings is 1. The van der Waals surface area contributed by atoms with E-state index < -0.39 is 34.7 Å². The maximum Gasteiger partial charge on any atom is 0.338 e. The zero-order chi connectivity index (χ0) is 28.5. The fraction of sp³-hybridized carbons (Fsp3) is 0.226. The number of hydrogen-bond donors (Lipinski definition) is 1. The highest BCUT2D eigenvalue weighted by atomic mass is 32.2. The number of carbonyl (C=O) groups excluding carboxylic acids is 3. The van der Waals surface area contributed by atoms with Crippen LogP contribution >= 0.6 is 11.8 Å². The Morgan fingerprint density at radius 1 is 1.12 bits per heavy atom. The highest BCUT2D eigenvalue weighted by Crippen LogP contribution is 2.41. The van der Waals surface area contributed by atoms with E-state index in [1.165, 1.54) is 53.2 Å². The van der Waals surface area contributed by atoms with E-state index in [9.17, 15) is 19.5 Å². The number of aliphatic hydroxyl groups excluding tert-OH is 1. The van der Waals surface area contributed by atoms with Crippen molar-refractivity contribution >= 4 is 35.7 Å². The van der Waals surface area contributed by atoms with Gasteiger partial charge in [0.05, 0.1) is 28.5 Å². The number of benzene rings is 2. The van der Waals surface area contributed by atoms with Crippen LogP contribution in [0.25, 0.3) is 6.08 Å². The molecular formula is C31H30N2O6S. The van der Waals surface area contributed by atoms with Crippen LogP contribution < -0.4 is 0 Å². The molecule has 1 aromatic heterocycles. The van der Waals surface area contributed by atoms with Gasteiger partial charge in [0.25, 0.3) is 0 Å². The number of aromatic nitrogens is 1. The van der Waals surface area contributed by atoms with Gasteiger partial charge in [0, 0.05) is 12.3 Å². The highest BCUT2D eigenvalue weighted by Gasteiger charge is 2.51. The van der Waals surface area contributed by atoms with Crippen LogP contribution in [0.2, 0.25) is 0 Å². The van der Waals surface area contributed by atoms with Crippen molar-refractivity contribution in [1.29, 1.82) is 0 Å². The summed E-state index contributed by atoms with van der Waals surface area (Å²) < 4.78 is 10.2. The first-order chi connectivity index (χ1) is 19.4. The summed E-state index contributed by atoms with van der Waals surface area (Å²) in [5.74, 6) is -1.43. The van der Waals surface area contributed by atoms with Gasteiger partial charge in [-0.15, -0.1) is 11.8 Å². The number of amides is 1. The summed E-state index contributed by atoms with van der Waals surface area (Å²) in [6, 6.07) is 20.7. The lowest BCUT2D eigenvalue weighted by atomic mass is 9.98. The predicted molar refractivity (Wildman–Crippen MR) is 153 cm³/mol. The average molecular weight is 559 g/mol. The lowest BCUT2D eigenvalue weighted by molar-refractivity contribution is -0.157. The highest BCUT2D eigenvalue weighted by molar-refractivity contribution is 8.01. The van der Waals surface area contributed by atoms with Crippen molar-refractivity contribution in [2.24, 2.45) is 0 Å². The first-order valence-electron chi connectivity index (χ1n) is 12.6. The minimum Gasteiger partial charge on any atom is -0.458 e. The summed E-state index contributed by atoms with van der Waals surface area (Å²) in [4.78, 5) is 44.8. The van der Waals surface area contributed by atoms with Gasteiger partial charge in [0.15, 0.2) is 6.10 Å². The Hall–Kier alpha value is -4.21. The molecule has 206 valence electrons. The smallest absolute Gasteiger partial charge is 0.338 e. The SMILES string of the molecule is C=CCOC(=O)c1ccnc(/C=C/C(=O)N2CS[C@@](C)(CO)[C@@H]2C(=O)OC(c2ccccc2)c2ccccc2)c1. The van der Waals surface area contributed by atoms with Crippen LogP contribution in [0.4, 0.5) is 0 Å². The van der Waals surface area contributed by atoms with Gasteiger partial charge in [-0.05, 0) is 36.3 Å². The number of esters is 2. The standard InChI is InChI=1S/C31H30N2O6S/c1-3-18-38-29(36)24-16-17-32-25(19-24)14-15-26(35)33-21-40-31(2,20-34)28(33)30(37)39-27(22-10-6-4-7-11-22)23-12-8-5-9-13-23/h3-17,19,27-28,34H,1,18,20-21H2,2H3/b15-14+/t28-,31-/m0/s1. The van der Waals surface area contributed by atoms with Gasteiger partial charge in [-0.25, -0.2) is 9.59 Å². The van der Waals surface area contributed by atoms with E-state index in [2.05, 4.69) is 11.6 Å². The molecule has 0 saturated carbocycles. The molecule has 2 heterocycles. The van der Waals surface area contributed by atoms with Gasteiger partial charge in [-0.3, -0.25) is 9.78 Å². The van der Waals surface area contributed by atoms with Gasteiger partial charge in [-0.1, -0.05) is 73.3 Å². The molecule has 40 heavy (non-hydrogen) atoms. The van der Waals surface area contributed by atoms with Crippen molar-refractivity contribution in [2.75, 3.05) is 19.1 Å². The molecule has 1 fully saturated rings. The van der Waals surface area contributed by atoms with Crippen LogP contribution in [0.3, 0.4) is 0 Å². The summed E-state index contributed by atoms with van der Waals surface area (Å²) in [5.41, 5.74) is 2.22. The van der Waals surface area contributed by atoms with Gasteiger partial charge >= 0.3 is 11.9 Å². The predicted octanol–water partition coefficient (Wildman–Crippen LogP) is 4.42. The van der Waals surface area contributed by atoms with Crippen LogP contribution in [-0.2, 0) is 19.1 Å². The van der Waals surface area contributed by atoms with Crippen molar-refractivity contribution in [3.05, 3.63) is 120 Å². The van der Waals surface area contributed by atoms with Gasteiger partial charge < -0.3 is 19.5 Å². The molecule has 1 aliphatic rings. The molecule has 4 rings (SSSR count). The summed E-state index contributed by atoms with van der Waals surface area (Å²) in [7, 11) is 0. The van der Waals surface area contributed by atoms with Crippen LogP contribution in [-0.4, -0.2) is 62.7 Å². The first kappa shape index (κ1) is 28.8. The Kier molecular flexibility index (Phi) is 9.52. The number of carbonyl (C=O) groups is 3. The maximum absolute atomic E-state index is 13.7. The Morgan fingerprint density at radius 2 is 1.77 bits per heavy atom. The van der Waals surface area contributed by atoms with Gasteiger partial charge in [0.2, 0.25) is 5.91 Å². The molecule has 0 unspecified atom stereocenters. The maximum atomic E-state index is 13.7. The second-order valence-electron chi connectivity index (χ2n) is 9.28. The summed E-state index contributed by atoms with van der Waals surface area (Å²) in [6.07, 6.45) is 4.97. The zero-order valence-electron chi connectivity index (χ0n) is 22.0. The molecule has 1 amide bonds. The first-order valence-corrected chi connectivity index (χ1v) is 13.6. The third kappa shape index (κ3) is 6.67. The topological polar surface area (TPSA) is 106 Å². The van der Waals surface area contributed by atoms with Crippen molar-refractivity contribution in [3.63, 3.8) is 0 Å². The fourth-order valence-corrected chi connectivity index (χ4v) is 5.48. The van der Waals surface area contributed by atoms with E-state index in [1.807, 2.05) is 60.7 Å². The molecule has 1 saturated heterocycles. The number of rotatable bonds is 10. The molecule has 3 aromatic rings. The van der Waals surface area contributed by atoms with E-state index in [0.717, 1.165) is 11.1 Å². The summed E-state index contributed by atoms with van der Waals surface area (Å²) in [6.45, 7) is 5.00. The quantitative estimate of drug-likeness (QED) is 0.221. The minimum atomic E-state index is -1.04. The minimum absolute atomic E-state index is 0.0773. The van der Waals surface area contributed by atoms with Crippen LogP contribution in [0.15, 0.2) is 97.7 Å². The lowest BCUT2D eigenvalue weighted by Crippen LogP contribution is -2.52. The molecule has 0 bridgehead atoms. The molecular weight excluding hydrogens is 528 g/mol.